The number of H-pyrrole nitrogens is 1. The molecule has 2 aliphatic rings. The fraction of sp³-hybridized carbons (Fsp3) is 0.545. The zero-order valence-corrected chi connectivity index (χ0v) is 9.22. The van der Waals surface area contributed by atoms with E-state index in [4.69, 9.17) is 0 Å². The summed E-state index contributed by atoms with van der Waals surface area (Å²) in [6, 6.07) is 0. The van der Waals surface area contributed by atoms with Crippen LogP contribution in [0.4, 0.5) is 0 Å². The number of aromatic amines is 1. The SMILES string of the molecule is O=C(c1c[nH]c(=O)cn1)N1CC(O)(C2CC2)C1. The van der Waals surface area contributed by atoms with Crippen molar-refractivity contribution in [3.63, 3.8) is 0 Å². The predicted octanol–water partition coefficient (Wildman–Crippen LogP) is -0.633. The molecular weight excluding hydrogens is 222 g/mol. The second-order valence-electron chi connectivity index (χ2n) is 4.84. The van der Waals surface area contributed by atoms with Gasteiger partial charge in [-0.15, -0.1) is 0 Å². The second-order valence-corrected chi connectivity index (χ2v) is 4.84. The minimum absolute atomic E-state index is 0.211. The van der Waals surface area contributed by atoms with Gasteiger partial charge in [0.05, 0.1) is 19.3 Å². The Balaban J connectivity index is 1.68. The van der Waals surface area contributed by atoms with Gasteiger partial charge >= 0.3 is 0 Å². The van der Waals surface area contributed by atoms with Crippen LogP contribution in [0.25, 0.3) is 0 Å². The van der Waals surface area contributed by atoms with Crippen LogP contribution in [0, 0.1) is 5.92 Å². The van der Waals surface area contributed by atoms with E-state index in [-0.39, 0.29) is 17.2 Å². The van der Waals surface area contributed by atoms with Crippen LogP contribution in [0.15, 0.2) is 17.2 Å². The summed E-state index contributed by atoms with van der Waals surface area (Å²) in [4.78, 5) is 30.5. The van der Waals surface area contributed by atoms with Crippen LogP contribution >= 0.6 is 0 Å². The van der Waals surface area contributed by atoms with Crippen molar-refractivity contribution >= 4 is 5.91 Å². The fourth-order valence-corrected chi connectivity index (χ4v) is 2.26. The van der Waals surface area contributed by atoms with Crippen LogP contribution in [0.3, 0.4) is 0 Å². The molecule has 1 amide bonds. The summed E-state index contributed by atoms with van der Waals surface area (Å²) in [6.07, 6.45) is 4.49. The maximum atomic E-state index is 11.9. The fourth-order valence-electron chi connectivity index (χ4n) is 2.26. The van der Waals surface area contributed by atoms with Crippen molar-refractivity contribution in [3.05, 3.63) is 28.4 Å². The Morgan fingerprint density at radius 2 is 2.24 bits per heavy atom. The van der Waals surface area contributed by atoms with Crippen molar-refractivity contribution in [3.8, 4) is 0 Å². The number of nitrogens with one attached hydrogen (secondary N) is 1. The van der Waals surface area contributed by atoms with Crippen LogP contribution in [0.5, 0.6) is 0 Å². The lowest BCUT2D eigenvalue weighted by atomic mass is 9.88. The van der Waals surface area contributed by atoms with Gasteiger partial charge in [-0.2, -0.15) is 0 Å². The van der Waals surface area contributed by atoms with Crippen molar-refractivity contribution in [1.29, 1.82) is 0 Å². The third-order valence-corrected chi connectivity index (χ3v) is 3.44. The monoisotopic (exact) mass is 235 g/mol. The Morgan fingerprint density at radius 3 is 2.76 bits per heavy atom. The average Bonchev–Trinajstić information content (AvgIpc) is 3.09. The molecule has 1 saturated heterocycles. The van der Waals surface area contributed by atoms with E-state index in [0.717, 1.165) is 19.0 Å². The number of aromatic nitrogens is 2. The molecule has 0 bridgehead atoms. The van der Waals surface area contributed by atoms with Crippen LogP contribution in [0.2, 0.25) is 0 Å². The van der Waals surface area contributed by atoms with E-state index in [2.05, 4.69) is 9.97 Å². The molecule has 6 heteroatoms. The lowest BCUT2D eigenvalue weighted by Crippen LogP contribution is -2.64. The van der Waals surface area contributed by atoms with Gasteiger partial charge in [-0.25, -0.2) is 4.98 Å². The predicted molar refractivity (Wildman–Crippen MR) is 58.4 cm³/mol. The molecule has 2 N–H and O–H groups in total. The highest BCUT2D eigenvalue weighted by atomic mass is 16.3. The summed E-state index contributed by atoms with van der Waals surface area (Å²) in [6.45, 7) is 0.745. The smallest absolute Gasteiger partial charge is 0.274 e. The molecule has 0 radical (unpaired) electrons. The Morgan fingerprint density at radius 1 is 1.53 bits per heavy atom. The Bertz CT molecular complexity index is 494. The number of carbonyl (C=O) groups excluding carboxylic acids is 1. The van der Waals surface area contributed by atoms with Gasteiger partial charge in [0.2, 0.25) is 0 Å². The van der Waals surface area contributed by atoms with E-state index < -0.39 is 5.60 Å². The van der Waals surface area contributed by atoms with Crippen molar-refractivity contribution in [1.82, 2.24) is 14.9 Å². The van der Waals surface area contributed by atoms with Gasteiger partial charge in [0, 0.05) is 6.20 Å². The summed E-state index contributed by atoms with van der Waals surface area (Å²) in [5.41, 5.74) is -0.806. The summed E-state index contributed by atoms with van der Waals surface area (Å²) in [5, 5.41) is 10.1. The van der Waals surface area contributed by atoms with Crippen LogP contribution in [0.1, 0.15) is 23.3 Å². The molecule has 2 heterocycles. The number of hydrogen-bond acceptors (Lipinski definition) is 4. The topological polar surface area (TPSA) is 86.3 Å². The molecule has 0 aromatic carbocycles. The quantitative estimate of drug-likeness (QED) is 0.714. The van der Waals surface area contributed by atoms with Crippen molar-refractivity contribution < 1.29 is 9.90 Å². The summed E-state index contributed by atoms with van der Waals surface area (Å²) in [7, 11) is 0. The van der Waals surface area contributed by atoms with Gasteiger partial charge in [-0.05, 0) is 18.8 Å². The number of nitrogens with zero attached hydrogens (tertiary/aromatic N) is 2. The van der Waals surface area contributed by atoms with Crippen molar-refractivity contribution in [2.75, 3.05) is 13.1 Å². The Kier molecular flexibility index (Phi) is 2.09. The normalized spacial score (nSPS) is 22.1. The maximum Gasteiger partial charge on any atom is 0.274 e. The number of likely N-dealkylation sites (tertiary alicyclic amines) is 1. The summed E-state index contributed by atoms with van der Waals surface area (Å²) in [5.74, 6) is 0.113. The second kappa shape index (κ2) is 3.40. The molecule has 1 aliphatic heterocycles. The van der Waals surface area contributed by atoms with Gasteiger partial charge in [0.15, 0.2) is 0 Å². The molecule has 6 nitrogen and oxygen atoms in total. The van der Waals surface area contributed by atoms with Crippen LogP contribution < -0.4 is 5.56 Å². The van der Waals surface area contributed by atoms with Gasteiger partial charge < -0.3 is 15.0 Å². The van der Waals surface area contributed by atoms with E-state index >= 15 is 0 Å². The standard InChI is InChI=1S/C11H13N3O3/c15-9-4-12-8(3-13-9)10(16)14-5-11(17,6-14)7-1-2-7/h3-4,7,17H,1-2,5-6H2,(H,13,15). The van der Waals surface area contributed by atoms with E-state index in [1.165, 1.54) is 6.20 Å². The number of hydrogen-bond donors (Lipinski definition) is 2. The van der Waals surface area contributed by atoms with Crippen molar-refractivity contribution in [2.45, 2.75) is 18.4 Å². The van der Waals surface area contributed by atoms with Gasteiger partial charge in [-0.1, -0.05) is 0 Å². The third-order valence-electron chi connectivity index (χ3n) is 3.44. The molecule has 3 rings (SSSR count). The zero-order chi connectivity index (χ0) is 12.0. The van der Waals surface area contributed by atoms with E-state index in [1.807, 2.05) is 0 Å². The van der Waals surface area contributed by atoms with E-state index in [9.17, 15) is 14.7 Å². The summed E-state index contributed by atoms with van der Waals surface area (Å²) >= 11 is 0. The molecule has 2 fully saturated rings. The number of carbonyl (C=O) groups is 1. The molecule has 90 valence electrons. The minimum Gasteiger partial charge on any atom is -0.386 e. The molecule has 17 heavy (non-hydrogen) atoms. The number of amides is 1. The average molecular weight is 235 g/mol. The first-order valence-corrected chi connectivity index (χ1v) is 5.65. The van der Waals surface area contributed by atoms with Crippen molar-refractivity contribution in [2.24, 2.45) is 5.92 Å². The zero-order valence-electron chi connectivity index (χ0n) is 9.22. The molecule has 0 atom stereocenters. The van der Waals surface area contributed by atoms with Gasteiger partial charge in [-0.3, -0.25) is 9.59 Å². The molecule has 1 aromatic rings. The van der Waals surface area contributed by atoms with E-state index in [1.54, 1.807) is 4.90 Å². The highest BCUT2D eigenvalue weighted by Gasteiger charge is 2.53. The minimum atomic E-state index is -0.683. The largest absolute Gasteiger partial charge is 0.386 e. The highest BCUT2D eigenvalue weighted by Crippen LogP contribution is 2.44. The lowest BCUT2D eigenvalue weighted by molar-refractivity contribution is -0.0959. The van der Waals surface area contributed by atoms with Crippen LogP contribution in [-0.4, -0.2) is 44.6 Å². The number of rotatable bonds is 2. The highest BCUT2D eigenvalue weighted by molar-refractivity contribution is 5.92. The molecule has 0 unspecified atom stereocenters. The first-order chi connectivity index (χ1) is 8.08. The summed E-state index contributed by atoms with van der Waals surface area (Å²) < 4.78 is 0. The first-order valence-electron chi connectivity index (χ1n) is 5.65. The molecular formula is C11H13N3O3. The first kappa shape index (κ1) is 10.5. The Labute approximate surface area is 97.3 Å². The van der Waals surface area contributed by atoms with Gasteiger partial charge in [0.1, 0.15) is 11.3 Å². The molecule has 0 spiro atoms. The van der Waals surface area contributed by atoms with Crippen LogP contribution in [-0.2, 0) is 0 Å². The number of β-amino-alcohol motifs (C(OH)–C–C–N with tert-alkyl or cyclic N) is 1. The maximum absolute atomic E-state index is 11.9. The Hall–Kier alpha value is -1.69. The van der Waals surface area contributed by atoms with E-state index in [0.29, 0.717) is 19.0 Å². The molecule has 1 aliphatic carbocycles. The third kappa shape index (κ3) is 1.74. The molecule has 1 saturated carbocycles. The lowest BCUT2D eigenvalue weighted by Gasteiger charge is -2.46. The number of aliphatic hydroxyl groups is 1. The molecule has 1 aromatic heterocycles. The van der Waals surface area contributed by atoms with Gasteiger partial charge in [0.25, 0.3) is 11.5 Å².